The summed E-state index contributed by atoms with van der Waals surface area (Å²) in [7, 11) is -3.54. The van der Waals surface area contributed by atoms with Crippen LogP contribution in [0.1, 0.15) is 37.7 Å². The van der Waals surface area contributed by atoms with E-state index in [4.69, 9.17) is 9.52 Å². The van der Waals surface area contributed by atoms with E-state index >= 15 is 0 Å². The lowest BCUT2D eigenvalue weighted by Crippen LogP contribution is -2.28. The average molecular weight is 287 g/mol. The van der Waals surface area contributed by atoms with Gasteiger partial charge >= 0.3 is 0 Å². The fourth-order valence-corrected chi connectivity index (χ4v) is 4.00. The summed E-state index contributed by atoms with van der Waals surface area (Å²) in [5, 5.41) is 8.96. The number of hydrogen-bond acceptors (Lipinski definition) is 4. The zero-order valence-corrected chi connectivity index (χ0v) is 12.2. The van der Waals surface area contributed by atoms with Crippen LogP contribution in [-0.4, -0.2) is 20.1 Å². The second kappa shape index (κ2) is 5.64. The van der Waals surface area contributed by atoms with Gasteiger partial charge < -0.3 is 9.52 Å². The van der Waals surface area contributed by atoms with Crippen LogP contribution in [-0.2, 0) is 16.6 Å². The maximum absolute atomic E-state index is 12.2. The Hall–Kier alpha value is -0.850. The Kier molecular flexibility index (Phi) is 4.32. The summed E-state index contributed by atoms with van der Waals surface area (Å²) < 4.78 is 32.2. The smallest absolute Gasteiger partial charge is 0.244 e. The van der Waals surface area contributed by atoms with Crippen LogP contribution in [0.5, 0.6) is 0 Å². The van der Waals surface area contributed by atoms with E-state index in [-0.39, 0.29) is 17.3 Å². The van der Waals surface area contributed by atoms with Crippen molar-refractivity contribution < 1.29 is 17.9 Å². The SMILES string of the molecule is Cc1oc(CO)cc1S(=O)(=O)NCC1CCC(C)C1. The molecule has 1 aromatic heterocycles. The van der Waals surface area contributed by atoms with E-state index in [0.717, 1.165) is 12.8 Å². The Morgan fingerprint density at radius 1 is 1.47 bits per heavy atom. The largest absolute Gasteiger partial charge is 0.462 e. The summed E-state index contributed by atoms with van der Waals surface area (Å²) in [6, 6.07) is 1.38. The van der Waals surface area contributed by atoms with E-state index in [1.54, 1.807) is 6.92 Å². The third kappa shape index (κ3) is 3.38. The van der Waals surface area contributed by atoms with E-state index in [2.05, 4.69) is 11.6 Å². The second-order valence-corrected chi connectivity index (χ2v) is 7.16. The van der Waals surface area contributed by atoms with Gasteiger partial charge in [-0.2, -0.15) is 0 Å². The fourth-order valence-electron chi connectivity index (χ4n) is 2.68. The first-order chi connectivity index (χ1) is 8.92. The van der Waals surface area contributed by atoms with Crippen LogP contribution in [0.25, 0.3) is 0 Å². The quantitative estimate of drug-likeness (QED) is 0.865. The predicted octanol–water partition coefficient (Wildman–Crippen LogP) is 1.79. The molecule has 108 valence electrons. The van der Waals surface area contributed by atoms with Crippen molar-refractivity contribution in [2.24, 2.45) is 11.8 Å². The summed E-state index contributed by atoms with van der Waals surface area (Å²) in [5.74, 6) is 1.70. The molecule has 0 radical (unpaired) electrons. The normalized spacial score (nSPS) is 23.9. The first-order valence-electron chi connectivity index (χ1n) is 6.62. The Morgan fingerprint density at radius 2 is 2.21 bits per heavy atom. The monoisotopic (exact) mass is 287 g/mol. The number of furan rings is 1. The summed E-state index contributed by atoms with van der Waals surface area (Å²) in [6.45, 7) is 3.97. The zero-order chi connectivity index (χ0) is 14.0. The highest BCUT2D eigenvalue weighted by Gasteiger charge is 2.25. The van der Waals surface area contributed by atoms with Gasteiger partial charge in [-0.15, -0.1) is 0 Å². The molecule has 1 aliphatic carbocycles. The van der Waals surface area contributed by atoms with Crippen molar-refractivity contribution in [2.75, 3.05) is 6.54 Å². The van der Waals surface area contributed by atoms with Crippen LogP contribution >= 0.6 is 0 Å². The first kappa shape index (κ1) is 14.6. The minimum absolute atomic E-state index is 0.127. The molecule has 0 saturated heterocycles. The van der Waals surface area contributed by atoms with E-state index in [1.165, 1.54) is 12.5 Å². The van der Waals surface area contributed by atoms with E-state index < -0.39 is 10.0 Å². The van der Waals surface area contributed by atoms with Crippen molar-refractivity contribution in [3.05, 3.63) is 17.6 Å². The molecule has 2 N–H and O–H groups in total. The lowest BCUT2D eigenvalue weighted by atomic mass is 10.1. The van der Waals surface area contributed by atoms with Gasteiger partial charge in [-0.05, 0) is 31.6 Å². The number of nitrogens with one attached hydrogen (secondary N) is 1. The van der Waals surface area contributed by atoms with Crippen molar-refractivity contribution in [1.82, 2.24) is 4.72 Å². The van der Waals surface area contributed by atoms with Gasteiger partial charge in [-0.25, -0.2) is 13.1 Å². The standard InChI is InChI=1S/C13H21NO4S/c1-9-3-4-11(5-9)7-14-19(16,17)13-6-12(8-15)18-10(13)2/h6,9,11,14-15H,3-5,7-8H2,1-2H3. The molecule has 5 nitrogen and oxygen atoms in total. The van der Waals surface area contributed by atoms with Gasteiger partial charge in [0.25, 0.3) is 0 Å². The van der Waals surface area contributed by atoms with Gasteiger partial charge in [0.2, 0.25) is 10.0 Å². The molecule has 0 aliphatic heterocycles. The van der Waals surface area contributed by atoms with Gasteiger partial charge in [-0.3, -0.25) is 0 Å². The maximum atomic E-state index is 12.2. The molecule has 0 aromatic carbocycles. The minimum atomic E-state index is -3.54. The molecule has 0 bridgehead atoms. The highest BCUT2D eigenvalue weighted by atomic mass is 32.2. The number of aryl methyl sites for hydroxylation is 1. The molecule has 1 aliphatic rings. The average Bonchev–Trinajstić information content (AvgIpc) is 2.93. The summed E-state index contributed by atoms with van der Waals surface area (Å²) in [5.41, 5.74) is 0. The van der Waals surface area contributed by atoms with Crippen molar-refractivity contribution in [1.29, 1.82) is 0 Å². The molecule has 1 aromatic rings. The Balaban J connectivity index is 2.03. The van der Waals surface area contributed by atoms with E-state index in [9.17, 15) is 8.42 Å². The van der Waals surface area contributed by atoms with Crippen LogP contribution < -0.4 is 4.72 Å². The van der Waals surface area contributed by atoms with Crippen LogP contribution in [0, 0.1) is 18.8 Å². The van der Waals surface area contributed by atoms with Crippen molar-refractivity contribution >= 4 is 10.0 Å². The minimum Gasteiger partial charge on any atom is -0.462 e. The molecule has 1 saturated carbocycles. The van der Waals surface area contributed by atoms with Crippen LogP contribution in [0.2, 0.25) is 0 Å². The molecule has 2 atom stereocenters. The molecular weight excluding hydrogens is 266 g/mol. The molecule has 0 spiro atoms. The highest BCUT2D eigenvalue weighted by molar-refractivity contribution is 7.89. The first-order valence-corrected chi connectivity index (χ1v) is 8.10. The van der Waals surface area contributed by atoms with Crippen LogP contribution in [0.15, 0.2) is 15.4 Å². The van der Waals surface area contributed by atoms with Crippen molar-refractivity contribution in [3.63, 3.8) is 0 Å². The molecule has 19 heavy (non-hydrogen) atoms. The van der Waals surface area contributed by atoms with Gasteiger partial charge in [-0.1, -0.05) is 13.3 Å². The third-order valence-electron chi connectivity index (χ3n) is 3.73. The number of hydrogen-bond donors (Lipinski definition) is 2. The zero-order valence-electron chi connectivity index (χ0n) is 11.3. The molecule has 2 unspecified atom stereocenters. The summed E-state index contributed by atoms with van der Waals surface area (Å²) in [6.07, 6.45) is 3.33. The van der Waals surface area contributed by atoms with E-state index in [0.29, 0.717) is 24.1 Å². The molecule has 1 heterocycles. The lowest BCUT2D eigenvalue weighted by Gasteiger charge is -2.11. The Morgan fingerprint density at radius 3 is 2.74 bits per heavy atom. The number of sulfonamides is 1. The third-order valence-corrected chi connectivity index (χ3v) is 5.27. The number of rotatable bonds is 5. The molecule has 0 amide bonds. The molecular formula is C13H21NO4S. The molecule has 6 heteroatoms. The fraction of sp³-hybridized carbons (Fsp3) is 0.692. The van der Waals surface area contributed by atoms with Gasteiger partial charge in [0.15, 0.2) is 0 Å². The Bertz CT molecular complexity index is 535. The van der Waals surface area contributed by atoms with Gasteiger partial charge in [0.1, 0.15) is 23.0 Å². The van der Waals surface area contributed by atoms with Crippen molar-refractivity contribution in [2.45, 2.75) is 44.6 Å². The maximum Gasteiger partial charge on any atom is 0.244 e. The summed E-state index contributed by atoms with van der Waals surface area (Å²) >= 11 is 0. The second-order valence-electron chi connectivity index (χ2n) is 5.43. The topological polar surface area (TPSA) is 79.5 Å². The lowest BCUT2D eigenvalue weighted by molar-refractivity contribution is 0.244. The van der Waals surface area contributed by atoms with Crippen LogP contribution in [0.4, 0.5) is 0 Å². The predicted molar refractivity (Wildman–Crippen MR) is 71.1 cm³/mol. The highest BCUT2D eigenvalue weighted by Crippen LogP contribution is 2.30. The number of aliphatic hydroxyl groups is 1. The summed E-state index contributed by atoms with van der Waals surface area (Å²) in [4.78, 5) is 0.127. The molecule has 2 rings (SSSR count). The van der Waals surface area contributed by atoms with E-state index in [1.807, 2.05) is 0 Å². The van der Waals surface area contributed by atoms with Gasteiger partial charge in [0.05, 0.1) is 0 Å². The van der Waals surface area contributed by atoms with Crippen LogP contribution in [0.3, 0.4) is 0 Å². The Labute approximate surface area is 114 Å². The molecule has 1 fully saturated rings. The number of aliphatic hydroxyl groups excluding tert-OH is 1. The van der Waals surface area contributed by atoms with Crippen molar-refractivity contribution in [3.8, 4) is 0 Å². The van der Waals surface area contributed by atoms with Gasteiger partial charge in [0, 0.05) is 12.6 Å².